The molecule has 0 aliphatic carbocycles. The number of aromatic nitrogens is 1. The summed E-state index contributed by atoms with van der Waals surface area (Å²) in [5, 5.41) is 17.9. The van der Waals surface area contributed by atoms with Crippen molar-refractivity contribution in [3.05, 3.63) is 23.9 Å². The third kappa shape index (κ3) is 2.83. The fourth-order valence-electron chi connectivity index (χ4n) is 2.20. The molecular formula is C14H17N5. The Bertz CT molecular complexity index is 512. The second-order valence-electron chi connectivity index (χ2n) is 5.16. The SMILES string of the molecule is CC(C)(C#N)N1CCN(c2ccc(C#N)cn2)CC1. The number of piperazine rings is 1. The molecule has 19 heavy (non-hydrogen) atoms. The van der Waals surface area contributed by atoms with E-state index in [0.29, 0.717) is 5.56 Å². The van der Waals surface area contributed by atoms with Gasteiger partial charge in [-0.3, -0.25) is 4.90 Å². The van der Waals surface area contributed by atoms with Gasteiger partial charge in [-0.25, -0.2) is 4.98 Å². The van der Waals surface area contributed by atoms with Gasteiger partial charge in [0.05, 0.1) is 11.6 Å². The Morgan fingerprint density at radius 1 is 1.16 bits per heavy atom. The highest BCUT2D eigenvalue weighted by molar-refractivity contribution is 5.42. The van der Waals surface area contributed by atoms with E-state index < -0.39 is 5.54 Å². The maximum absolute atomic E-state index is 9.14. The lowest BCUT2D eigenvalue weighted by Gasteiger charge is -2.40. The van der Waals surface area contributed by atoms with Crippen molar-refractivity contribution in [2.24, 2.45) is 0 Å². The van der Waals surface area contributed by atoms with Crippen LogP contribution in [0.3, 0.4) is 0 Å². The minimum atomic E-state index is -0.413. The highest BCUT2D eigenvalue weighted by Gasteiger charge is 2.29. The Balaban J connectivity index is 2.00. The molecule has 1 fully saturated rings. The fraction of sp³-hybridized carbons (Fsp3) is 0.500. The van der Waals surface area contributed by atoms with Gasteiger partial charge in [0, 0.05) is 32.4 Å². The number of hydrogen-bond donors (Lipinski definition) is 0. The van der Waals surface area contributed by atoms with E-state index in [4.69, 9.17) is 10.5 Å². The second kappa shape index (κ2) is 5.26. The zero-order valence-corrected chi connectivity index (χ0v) is 11.3. The van der Waals surface area contributed by atoms with Crippen LogP contribution in [-0.2, 0) is 0 Å². The summed E-state index contributed by atoms with van der Waals surface area (Å²) >= 11 is 0. The lowest BCUT2D eigenvalue weighted by Crippen LogP contribution is -2.54. The summed E-state index contributed by atoms with van der Waals surface area (Å²) in [6, 6.07) is 8.07. The first-order valence-electron chi connectivity index (χ1n) is 6.34. The Hall–Kier alpha value is -2.11. The van der Waals surface area contributed by atoms with Crippen molar-refractivity contribution in [2.75, 3.05) is 31.1 Å². The summed E-state index contributed by atoms with van der Waals surface area (Å²) in [7, 11) is 0. The zero-order valence-electron chi connectivity index (χ0n) is 11.3. The van der Waals surface area contributed by atoms with E-state index in [-0.39, 0.29) is 0 Å². The van der Waals surface area contributed by atoms with Crippen molar-refractivity contribution in [1.29, 1.82) is 10.5 Å². The van der Waals surface area contributed by atoms with Crippen LogP contribution in [0.5, 0.6) is 0 Å². The van der Waals surface area contributed by atoms with Gasteiger partial charge < -0.3 is 4.90 Å². The van der Waals surface area contributed by atoms with Crippen LogP contribution < -0.4 is 4.90 Å². The number of pyridine rings is 1. The molecule has 0 saturated carbocycles. The summed E-state index contributed by atoms with van der Waals surface area (Å²) in [6.45, 7) is 7.30. The summed E-state index contributed by atoms with van der Waals surface area (Å²) in [6.07, 6.45) is 1.60. The van der Waals surface area contributed by atoms with E-state index in [0.717, 1.165) is 32.0 Å². The second-order valence-corrected chi connectivity index (χ2v) is 5.16. The van der Waals surface area contributed by atoms with Crippen LogP contribution >= 0.6 is 0 Å². The first-order chi connectivity index (χ1) is 9.06. The predicted molar refractivity (Wildman–Crippen MR) is 72.4 cm³/mol. The molecule has 1 aromatic heterocycles. The van der Waals surface area contributed by atoms with Crippen LogP contribution in [-0.4, -0.2) is 41.6 Å². The van der Waals surface area contributed by atoms with Crippen LogP contribution in [0, 0.1) is 22.7 Å². The largest absolute Gasteiger partial charge is 0.354 e. The Kier molecular flexibility index (Phi) is 3.69. The van der Waals surface area contributed by atoms with Gasteiger partial charge in [0.2, 0.25) is 0 Å². The van der Waals surface area contributed by atoms with Gasteiger partial charge in [0.1, 0.15) is 17.4 Å². The van der Waals surface area contributed by atoms with Crippen molar-refractivity contribution < 1.29 is 0 Å². The lowest BCUT2D eigenvalue weighted by atomic mass is 10.0. The first-order valence-corrected chi connectivity index (χ1v) is 6.34. The molecule has 0 radical (unpaired) electrons. The number of anilines is 1. The topological polar surface area (TPSA) is 67.0 Å². The third-order valence-corrected chi connectivity index (χ3v) is 3.54. The summed E-state index contributed by atoms with van der Waals surface area (Å²) in [4.78, 5) is 8.67. The zero-order chi connectivity index (χ0) is 13.9. The first kappa shape index (κ1) is 13.3. The van der Waals surface area contributed by atoms with Crippen LogP contribution in [0.2, 0.25) is 0 Å². The van der Waals surface area contributed by atoms with Gasteiger partial charge in [0.15, 0.2) is 0 Å². The minimum absolute atomic E-state index is 0.413. The molecular weight excluding hydrogens is 238 g/mol. The molecule has 5 heteroatoms. The number of nitrogens with zero attached hydrogens (tertiary/aromatic N) is 5. The molecule has 2 rings (SSSR count). The molecule has 1 saturated heterocycles. The van der Waals surface area contributed by atoms with Crippen molar-refractivity contribution in [3.63, 3.8) is 0 Å². The van der Waals surface area contributed by atoms with E-state index >= 15 is 0 Å². The number of rotatable bonds is 2. The monoisotopic (exact) mass is 255 g/mol. The van der Waals surface area contributed by atoms with Crippen LogP contribution in [0.1, 0.15) is 19.4 Å². The predicted octanol–water partition coefficient (Wildman–Crippen LogP) is 1.38. The van der Waals surface area contributed by atoms with Crippen LogP contribution in [0.15, 0.2) is 18.3 Å². The molecule has 2 heterocycles. The van der Waals surface area contributed by atoms with Gasteiger partial charge in [-0.2, -0.15) is 10.5 Å². The Morgan fingerprint density at radius 2 is 1.84 bits per heavy atom. The van der Waals surface area contributed by atoms with Crippen LogP contribution in [0.25, 0.3) is 0 Å². The summed E-state index contributed by atoms with van der Waals surface area (Å²) in [5.74, 6) is 0.897. The average molecular weight is 255 g/mol. The van der Waals surface area contributed by atoms with E-state index in [1.165, 1.54) is 0 Å². The molecule has 0 unspecified atom stereocenters. The standard InChI is InChI=1S/C14H17N5/c1-14(2,11-16)19-7-5-18(6-8-19)13-4-3-12(9-15)10-17-13/h3-4,10H,5-8H2,1-2H3. The lowest BCUT2D eigenvalue weighted by molar-refractivity contribution is 0.158. The molecule has 1 aliphatic rings. The molecule has 0 amide bonds. The van der Waals surface area contributed by atoms with Gasteiger partial charge >= 0.3 is 0 Å². The quantitative estimate of drug-likeness (QED) is 0.798. The molecule has 98 valence electrons. The van der Waals surface area contributed by atoms with Crippen LogP contribution in [0.4, 0.5) is 5.82 Å². The number of nitriles is 2. The number of hydrogen-bond acceptors (Lipinski definition) is 5. The maximum atomic E-state index is 9.14. The minimum Gasteiger partial charge on any atom is -0.354 e. The Labute approximate surface area is 113 Å². The molecule has 0 N–H and O–H groups in total. The van der Waals surface area contributed by atoms with Gasteiger partial charge in [-0.05, 0) is 26.0 Å². The summed E-state index contributed by atoms with van der Waals surface area (Å²) in [5.41, 5.74) is 0.164. The van der Waals surface area contributed by atoms with Gasteiger partial charge in [-0.1, -0.05) is 0 Å². The summed E-state index contributed by atoms with van der Waals surface area (Å²) < 4.78 is 0. The fourth-order valence-corrected chi connectivity index (χ4v) is 2.20. The van der Waals surface area contributed by atoms with E-state index in [2.05, 4.69) is 26.9 Å². The van der Waals surface area contributed by atoms with Gasteiger partial charge in [-0.15, -0.1) is 0 Å². The molecule has 5 nitrogen and oxygen atoms in total. The molecule has 0 atom stereocenters. The van der Waals surface area contributed by atoms with E-state index in [9.17, 15) is 0 Å². The highest BCUT2D eigenvalue weighted by Crippen LogP contribution is 2.19. The highest BCUT2D eigenvalue weighted by atomic mass is 15.3. The average Bonchev–Trinajstić information content (AvgIpc) is 2.47. The van der Waals surface area contributed by atoms with Crippen molar-refractivity contribution in [1.82, 2.24) is 9.88 Å². The van der Waals surface area contributed by atoms with Gasteiger partial charge in [0.25, 0.3) is 0 Å². The normalized spacial score (nSPS) is 16.7. The third-order valence-electron chi connectivity index (χ3n) is 3.54. The van der Waals surface area contributed by atoms with Crippen molar-refractivity contribution in [2.45, 2.75) is 19.4 Å². The molecule has 1 aromatic rings. The smallest absolute Gasteiger partial charge is 0.128 e. The van der Waals surface area contributed by atoms with E-state index in [1.807, 2.05) is 19.9 Å². The Morgan fingerprint density at radius 3 is 2.32 bits per heavy atom. The molecule has 1 aliphatic heterocycles. The van der Waals surface area contributed by atoms with Crippen molar-refractivity contribution in [3.8, 4) is 12.1 Å². The molecule has 0 aromatic carbocycles. The molecule has 0 bridgehead atoms. The van der Waals surface area contributed by atoms with Crippen molar-refractivity contribution >= 4 is 5.82 Å². The molecule has 0 spiro atoms. The van der Waals surface area contributed by atoms with E-state index in [1.54, 1.807) is 12.3 Å². The maximum Gasteiger partial charge on any atom is 0.128 e.